The van der Waals surface area contributed by atoms with Gasteiger partial charge in [0.2, 0.25) is 0 Å². The van der Waals surface area contributed by atoms with Crippen LogP contribution in [0.3, 0.4) is 0 Å². The Morgan fingerprint density at radius 3 is 2.60 bits per heavy atom. The Labute approximate surface area is 129 Å². The number of thiophene rings is 1. The van der Waals surface area contributed by atoms with Crippen molar-refractivity contribution >= 4 is 39.6 Å². The van der Waals surface area contributed by atoms with Gasteiger partial charge in [0.05, 0.1) is 22.1 Å². The Balaban J connectivity index is 3.07. The molecule has 6 heteroatoms. The fourth-order valence-corrected chi connectivity index (χ4v) is 4.01. The lowest BCUT2D eigenvalue weighted by Crippen LogP contribution is -2.23. The Morgan fingerprint density at radius 2 is 2.15 bits per heavy atom. The van der Waals surface area contributed by atoms with Crippen LogP contribution >= 0.6 is 23.1 Å². The number of hydrogen-bond donors (Lipinski definition) is 2. The lowest BCUT2D eigenvalue weighted by Gasteiger charge is -2.16. The van der Waals surface area contributed by atoms with Gasteiger partial charge in [0.25, 0.3) is 0 Å². The summed E-state index contributed by atoms with van der Waals surface area (Å²) in [7, 11) is 1.69. The van der Waals surface area contributed by atoms with E-state index >= 15 is 0 Å². The smallest absolute Gasteiger partial charge is 0.177 e. The highest BCUT2D eigenvalue weighted by Gasteiger charge is 2.23. The Hall–Kier alpha value is -0.720. The lowest BCUT2D eigenvalue weighted by atomic mass is 10.1. The molecule has 0 bridgehead atoms. The number of nitrogen functional groups attached to an aromatic ring is 1. The minimum absolute atomic E-state index is 0.0422. The first-order valence-corrected chi connectivity index (χ1v) is 8.76. The van der Waals surface area contributed by atoms with E-state index in [-0.39, 0.29) is 17.7 Å². The fraction of sp³-hybridized carbons (Fsp3) is 0.643. The predicted molar refractivity (Wildman–Crippen MR) is 89.3 cm³/mol. The monoisotopic (exact) mass is 316 g/mol. The second-order valence-corrected chi connectivity index (χ2v) is 6.77. The highest BCUT2D eigenvalue weighted by Crippen LogP contribution is 2.42. The molecular weight excluding hydrogens is 292 g/mol. The lowest BCUT2D eigenvalue weighted by molar-refractivity contribution is 0.0944. The van der Waals surface area contributed by atoms with Crippen LogP contribution in [-0.2, 0) is 4.74 Å². The number of nitrogens with two attached hydrogens (primary N) is 1. The number of Topliss-reactive ketones (excluding diaryl/α,β-unsaturated/α-hetero) is 1. The van der Waals surface area contributed by atoms with Crippen molar-refractivity contribution < 1.29 is 9.53 Å². The van der Waals surface area contributed by atoms with Gasteiger partial charge in [-0.3, -0.25) is 4.79 Å². The van der Waals surface area contributed by atoms with Crippen molar-refractivity contribution in [2.75, 3.05) is 31.0 Å². The zero-order valence-corrected chi connectivity index (χ0v) is 14.4. The summed E-state index contributed by atoms with van der Waals surface area (Å²) in [5.41, 5.74) is 6.75. The molecule has 0 aliphatic rings. The average Bonchev–Trinajstić information content (AvgIpc) is 2.73. The number of hydrogen-bond acceptors (Lipinski definition) is 6. The van der Waals surface area contributed by atoms with Crippen molar-refractivity contribution in [1.29, 1.82) is 0 Å². The first kappa shape index (κ1) is 17.3. The van der Waals surface area contributed by atoms with Gasteiger partial charge in [0.1, 0.15) is 5.00 Å². The van der Waals surface area contributed by atoms with Gasteiger partial charge in [-0.15, -0.1) is 23.1 Å². The molecule has 0 aromatic carbocycles. The van der Waals surface area contributed by atoms with Gasteiger partial charge in [-0.2, -0.15) is 0 Å². The van der Waals surface area contributed by atoms with E-state index in [9.17, 15) is 4.79 Å². The molecule has 0 amide bonds. The molecule has 1 heterocycles. The van der Waals surface area contributed by atoms with Crippen molar-refractivity contribution in [2.24, 2.45) is 5.92 Å². The molecule has 0 spiro atoms. The van der Waals surface area contributed by atoms with E-state index in [4.69, 9.17) is 10.5 Å². The summed E-state index contributed by atoms with van der Waals surface area (Å²) in [6.07, 6.45) is 2.93. The first-order valence-electron chi connectivity index (χ1n) is 6.72. The SMILES string of the molecule is CCC(COC)Nc1sc(C(=O)C(C)C)c(N)c1SC. The molecule has 114 valence electrons. The molecule has 0 saturated heterocycles. The molecular formula is C14H24N2O2S2. The van der Waals surface area contributed by atoms with E-state index in [0.717, 1.165) is 16.3 Å². The summed E-state index contributed by atoms with van der Waals surface area (Å²) >= 11 is 3.03. The summed E-state index contributed by atoms with van der Waals surface area (Å²) in [6.45, 7) is 6.53. The maximum atomic E-state index is 12.2. The van der Waals surface area contributed by atoms with Crippen LogP contribution in [0, 0.1) is 5.92 Å². The maximum Gasteiger partial charge on any atom is 0.177 e. The molecule has 1 atom stereocenters. The van der Waals surface area contributed by atoms with Crippen molar-refractivity contribution in [3.05, 3.63) is 4.88 Å². The summed E-state index contributed by atoms with van der Waals surface area (Å²) in [4.78, 5) is 13.8. The number of ether oxygens (including phenoxy) is 1. The third-order valence-electron chi connectivity index (χ3n) is 3.05. The number of carbonyl (C=O) groups is 1. The Morgan fingerprint density at radius 1 is 1.50 bits per heavy atom. The summed E-state index contributed by atoms with van der Waals surface area (Å²) < 4.78 is 5.20. The van der Waals surface area contributed by atoms with E-state index in [1.807, 2.05) is 20.1 Å². The number of ketones is 1. The molecule has 1 aromatic rings. The quantitative estimate of drug-likeness (QED) is 0.565. The molecule has 0 aliphatic heterocycles. The molecule has 1 rings (SSSR count). The summed E-state index contributed by atoms with van der Waals surface area (Å²) in [5.74, 6) is 0.0649. The molecule has 0 saturated carbocycles. The minimum Gasteiger partial charge on any atom is -0.396 e. The van der Waals surface area contributed by atoms with Crippen LogP contribution in [-0.4, -0.2) is 31.8 Å². The summed E-state index contributed by atoms with van der Waals surface area (Å²) in [6, 6.07) is 0.228. The van der Waals surface area contributed by atoms with Crippen LogP contribution in [0.25, 0.3) is 0 Å². The molecule has 1 unspecified atom stereocenters. The normalized spacial score (nSPS) is 12.7. The molecule has 1 aromatic heterocycles. The van der Waals surface area contributed by atoms with Crippen LogP contribution in [0.2, 0.25) is 0 Å². The van der Waals surface area contributed by atoms with Crippen molar-refractivity contribution in [1.82, 2.24) is 0 Å². The van der Waals surface area contributed by atoms with Gasteiger partial charge >= 0.3 is 0 Å². The standard InChI is InChI=1S/C14H24N2O2S2/c1-6-9(7-18-4)16-14-13(19-5)10(15)12(20-14)11(17)8(2)3/h8-9,16H,6-7,15H2,1-5H3. The Bertz CT molecular complexity index is 458. The van der Waals surface area contributed by atoms with Crippen LogP contribution in [0.5, 0.6) is 0 Å². The van der Waals surface area contributed by atoms with Gasteiger partial charge in [-0.05, 0) is 12.7 Å². The maximum absolute atomic E-state index is 12.2. The predicted octanol–water partition coefficient (Wildman–Crippen LogP) is 3.73. The van der Waals surface area contributed by atoms with Crippen LogP contribution in [0.4, 0.5) is 10.7 Å². The van der Waals surface area contributed by atoms with Gasteiger partial charge in [-0.1, -0.05) is 20.8 Å². The second-order valence-electron chi connectivity index (χ2n) is 4.93. The third-order valence-corrected chi connectivity index (χ3v) is 5.16. The Kier molecular flexibility index (Phi) is 6.85. The molecule has 4 nitrogen and oxygen atoms in total. The third kappa shape index (κ3) is 3.90. The number of rotatable bonds is 8. The van der Waals surface area contributed by atoms with E-state index in [2.05, 4.69) is 12.2 Å². The van der Waals surface area contributed by atoms with E-state index in [0.29, 0.717) is 17.2 Å². The van der Waals surface area contributed by atoms with E-state index < -0.39 is 0 Å². The van der Waals surface area contributed by atoms with Crippen LogP contribution in [0.1, 0.15) is 36.9 Å². The number of carbonyl (C=O) groups excluding carboxylic acids is 1. The van der Waals surface area contributed by atoms with Crippen LogP contribution < -0.4 is 11.1 Å². The minimum atomic E-state index is -0.0422. The number of thioether (sulfide) groups is 1. The van der Waals surface area contributed by atoms with Crippen molar-refractivity contribution in [3.63, 3.8) is 0 Å². The summed E-state index contributed by atoms with van der Waals surface area (Å²) in [5, 5.41) is 4.42. The van der Waals surface area contributed by atoms with Gasteiger partial charge in [0.15, 0.2) is 5.78 Å². The molecule has 3 N–H and O–H groups in total. The highest BCUT2D eigenvalue weighted by molar-refractivity contribution is 7.99. The second kappa shape index (κ2) is 7.90. The highest BCUT2D eigenvalue weighted by atomic mass is 32.2. The molecule has 0 fully saturated rings. The first-order chi connectivity index (χ1) is 9.46. The van der Waals surface area contributed by atoms with Gasteiger partial charge in [0, 0.05) is 19.1 Å². The van der Waals surface area contributed by atoms with Gasteiger partial charge < -0.3 is 15.8 Å². The molecule has 0 radical (unpaired) electrons. The fourth-order valence-electron chi connectivity index (χ4n) is 1.82. The largest absolute Gasteiger partial charge is 0.396 e. The van der Waals surface area contributed by atoms with Gasteiger partial charge in [-0.25, -0.2) is 0 Å². The number of nitrogens with one attached hydrogen (secondary N) is 1. The van der Waals surface area contributed by atoms with Crippen molar-refractivity contribution in [3.8, 4) is 0 Å². The molecule has 0 aliphatic carbocycles. The number of methoxy groups -OCH3 is 1. The van der Waals surface area contributed by atoms with Crippen LogP contribution in [0.15, 0.2) is 4.90 Å². The topological polar surface area (TPSA) is 64.3 Å². The average molecular weight is 316 g/mol. The number of anilines is 2. The van der Waals surface area contributed by atoms with E-state index in [1.54, 1.807) is 18.9 Å². The molecule has 20 heavy (non-hydrogen) atoms. The zero-order chi connectivity index (χ0) is 15.3. The zero-order valence-electron chi connectivity index (χ0n) is 12.8. The van der Waals surface area contributed by atoms with E-state index in [1.165, 1.54) is 11.3 Å². The van der Waals surface area contributed by atoms with Crippen molar-refractivity contribution in [2.45, 2.75) is 38.1 Å².